The molecule has 1 aromatic rings. The van der Waals surface area contributed by atoms with Crippen molar-refractivity contribution in [3.05, 3.63) is 12.3 Å². The summed E-state index contributed by atoms with van der Waals surface area (Å²) in [6, 6.07) is 1.57. The standard InChI is InChI=1S/C8H14N4O2S.ClH/c1-11-8(3-4-10-11)15(13,14)12(2)7-5-9-6-7;/h3-4,7,9H,5-6H2,1-2H3;1H. The van der Waals surface area contributed by atoms with E-state index in [1.165, 1.54) is 21.3 Å². The molecule has 0 unspecified atom stereocenters. The number of aryl methyl sites for hydroxylation is 1. The summed E-state index contributed by atoms with van der Waals surface area (Å²) in [7, 11) is -0.163. The van der Waals surface area contributed by atoms with Gasteiger partial charge in [-0.15, -0.1) is 12.4 Å². The van der Waals surface area contributed by atoms with Gasteiger partial charge in [0, 0.05) is 33.2 Å². The van der Waals surface area contributed by atoms with Gasteiger partial charge < -0.3 is 5.32 Å². The second-order valence-corrected chi connectivity index (χ2v) is 5.57. The van der Waals surface area contributed by atoms with E-state index in [1.54, 1.807) is 14.1 Å². The molecule has 1 aromatic heterocycles. The van der Waals surface area contributed by atoms with Crippen LogP contribution >= 0.6 is 12.4 Å². The molecule has 6 nitrogen and oxygen atoms in total. The van der Waals surface area contributed by atoms with Crippen LogP contribution in [0, 0.1) is 0 Å². The lowest BCUT2D eigenvalue weighted by Crippen LogP contribution is -2.57. The molecule has 0 bridgehead atoms. The van der Waals surface area contributed by atoms with Crippen LogP contribution in [0.1, 0.15) is 0 Å². The summed E-state index contributed by atoms with van der Waals surface area (Å²) < 4.78 is 26.9. The van der Waals surface area contributed by atoms with Crippen LogP contribution in [-0.4, -0.2) is 48.7 Å². The second-order valence-electron chi connectivity index (χ2n) is 3.63. The first-order valence-electron chi connectivity index (χ1n) is 4.70. The number of sulfonamides is 1. The average molecular weight is 267 g/mol. The molecule has 2 rings (SSSR count). The quantitative estimate of drug-likeness (QED) is 0.796. The molecule has 1 N–H and O–H groups in total. The highest BCUT2D eigenvalue weighted by molar-refractivity contribution is 7.89. The summed E-state index contributed by atoms with van der Waals surface area (Å²) in [5.74, 6) is 0. The van der Waals surface area contributed by atoms with Gasteiger partial charge in [-0.05, 0) is 6.07 Å². The summed E-state index contributed by atoms with van der Waals surface area (Å²) in [5.41, 5.74) is 0. The summed E-state index contributed by atoms with van der Waals surface area (Å²) >= 11 is 0. The van der Waals surface area contributed by atoms with Gasteiger partial charge >= 0.3 is 0 Å². The topological polar surface area (TPSA) is 67.2 Å². The Balaban J connectivity index is 0.00000128. The van der Waals surface area contributed by atoms with Gasteiger partial charge in [-0.25, -0.2) is 8.42 Å². The van der Waals surface area contributed by atoms with Crippen LogP contribution in [0.25, 0.3) is 0 Å². The van der Waals surface area contributed by atoms with Crippen molar-refractivity contribution < 1.29 is 8.42 Å². The lowest BCUT2D eigenvalue weighted by Gasteiger charge is -2.34. The van der Waals surface area contributed by atoms with Crippen LogP contribution in [0.3, 0.4) is 0 Å². The zero-order chi connectivity index (χ0) is 11.1. The van der Waals surface area contributed by atoms with Crippen LogP contribution in [0.5, 0.6) is 0 Å². The van der Waals surface area contributed by atoms with E-state index in [-0.39, 0.29) is 23.5 Å². The van der Waals surface area contributed by atoms with Crippen molar-refractivity contribution in [3.63, 3.8) is 0 Å². The smallest absolute Gasteiger partial charge is 0.260 e. The van der Waals surface area contributed by atoms with Gasteiger partial charge in [-0.3, -0.25) is 4.68 Å². The van der Waals surface area contributed by atoms with Gasteiger partial charge in [0.2, 0.25) is 0 Å². The number of nitrogens with zero attached hydrogens (tertiary/aromatic N) is 3. The Morgan fingerprint density at radius 3 is 2.56 bits per heavy atom. The lowest BCUT2D eigenvalue weighted by molar-refractivity contribution is 0.272. The molecule has 0 saturated carbocycles. The van der Waals surface area contributed by atoms with Crippen molar-refractivity contribution in [1.29, 1.82) is 0 Å². The number of hydrogen-bond acceptors (Lipinski definition) is 4. The Morgan fingerprint density at radius 2 is 2.19 bits per heavy atom. The minimum atomic E-state index is -3.39. The number of halogens is 1. The number of aromatic nitrogens is 2. The molecule has 0 amide bonds. The molecule has 0 spiro atoms. The zero-order valence-electron chi connectivity index (χ0n) is 9.12. The molecule has 1 aliphatic heterocycles. The maximum atomic E-state index is 12.1. The van der Waals surface area contributed by atoms with E-state index >= 15 is 0 Å². The van der Waals surface area contributed by atoms with Crippen LogP contribution in [0.4, 0.5) is 0 Å². The molecule has 16 heavy (non-hydrogen) atoms. The fourth-order valence-corrected chi connectivity index (χ4v) is 2.94. The summed E-state index contributed by atoms with van der Waals surface area (Å²) in [6.07, 6.45) is 1.49. The maximum absolute atomic E-state index is 12.1. The molecule has 1 saturated heterocycles. The van der Waals surface area contributed by atoms with Crippen molar-refractivity contribution in [3.8, 4) is 0 Å². The van der Waals surface area contributed by atoms with Gasteiger partial charge in [0.15, 0.2) is 5.03 Å². The Kier molecular flexibility index (Phi) is 3.95. The van der Waals surface area contributed by atoms with E-state index in [0.29, 0.717) is 13.1 Å². The molecule has 1 aliphatic rings. The number of likely N-dealkylation sites (N-methyl/N-ethyl adjacent to an activating group) is 1. The second kappa shape index (κ2) is 4.70. The Labute approximate surface area is 101 Å². The third-order valence-corrected chi connectivity index (χ3v) is 4.68. The Morgan fingerprint density at radius 1 is 1.56 bits per heavy atom. The van der Waals surface area contributed by atoms with Crippen LogP contribution in [-0.2, 0) is 17.1 Å². The van der Waals surface area contributed by atoms with Crippen molar-refractivity contribution in [1.82, 2.24) is 19.4 Å². The summed E-state index contributed by atoms with van der Waals surface area (Å²) in [4.78, 5) is 0. The first-order chi connectivity index (χ1) is 7.03. The highest BCUT2D eigenvalue weighted by Crippen LogP contribution is 2.16. The molecule has 8 heteroatoms. The SMILES string of the molecule is CN(C1CNC1)S(=O)(=O)c1ccnn1C.Cl. The lowest BCUT2D eigenvalue weighted by atomic mass is 10.2. The monoisotopic (exact) mass is 266 g/mol. The molecule has 1 fully saturated rings. The average Bonchev–Trinajstić information content (AvgIpc) is 2.48. The third-order valence-electron chi connectivity index (χ3n) is 2.69. The molecular weight excluding hydrogens is 252 g/mol. The summed E-state index contributed by atoms with van der Waals surface area (Å²) in [6.45, 7) is 1.43. The predicted molar refractivity (Wildman–Crippen MR) is 62.1 cm³/mol. The van der Waals surface area contributed by atoms with Crippen molar-refractivity contribution >= 4 is 22.4 Å². The Bertz CT molecular complexity index is 454. The van der Waals surface area contributed by atoms with E-state index < -0.39 is 10.0 Å². The molecule has 92 valence electrons. The van der Waals surface area contributed by atoms with E-state index in [2.05, 4.69) is 10.4 Å². The molecule has 0 atom stereocenters. The Hall–Kier alpha value is -0.630. The fraction of sp³-hybridized carbons (Fsp3) is 0.625. The van der Waals surface area contributed by atoms with E-state index in [4.69, 9.17) is 0 Å². The molecular formula is C8H15ClN4O2S. The third kappa shape index (κ3) is 2.08. The van der Waals surface area contributed by atoms with Crippen molar-refractivity contribution in [2.75, 3.05) is 20.1 Å². The van der Waals surface area contributed by atoms with Crippen molar-refractivity contribution in [2.24, 2.45) is 7.05 Å². The predicted octanol–water partition coefficient (Wildman–Crippen LogP) is -0.566. The molecule has 0 radical (unpaired) electrons. The summed E-state index contributed by atoms with van der Waals surface area (Å²) in [5, 5.41) is 7.14. The van der Waals surface area contributed by atoms with Crippen LogP contribution in [0.2, 0.25) is 0 Å². The molecule has 0 aromatic carbocycles. The van der Waals surface area contributed by atoms with Gasteiger partial charge in [0.1, 0.15) is 0 Å². The van der Waals surface area contributed by atoms with Gasteiger partial charge in [0.05, 0.1) is 6.20 Å². The first-order valence-corrected chi connectivity index (χ1v) is 6.14. The first kappa shape index (κ1) is 13.4. The minimum absolute atomic E-state index is 0. The molecule has 2 heterocycles. The van der Waals surface area contributed by atoms with E-state index in [1.807, 2.05) is 0 Å². The largest absolute Gasteiger partial charge is 0.313 e. The van der Waals surface area contributed by atoms with E-state index in [0.717, 1.165) is 0 Å². The number of nitrogens with one attached hydrogen (secondary N) is 1. The highest BCUT2D eigenvalue weighted by atomic mass is 35.5. The van der Waals surface area contributed by atoms with Crippen LogP contribution in [0.15, 0.2) is 17.3 Å². The molecule has 0 aliphatic carbocycles. The van der Waals surface area contributed by atoms with Gasteiger partial charge in [-0.1, -0.05) is 0 Å². The highest BCUT2D eigenvalue weighted by Gasteiger charge is 2.33. The number of rotatable bonds is 3. The van der Waals surface area contributed by atoms with E-state index in [9.17, 15) is 8.42 Å². The normalized spacial score (nSPS) is 16.9. The fourth-order valence-electron chi connectivity index (χ4n) is 1.49. The van der Waals surface area contributed by atoms with Gasteiger partial charge in [0.25, 0.3) is 10.0 Å². The van der Waals surface area contributed by atoms with Gasteiger partial charge in [-0.2, -0.15) is 9.40 Å². The van der Waals surface area contributed by atoms with Crippen molar-refractivity contribution in [2.45, 2.75) is 11.1 Å². The maximum Gasteiger partial charge on any atom is 0.260 e. The minimum Gasteiger partial charge on any atom is -0.313 e. The zero-order valence-corrected chi connectivity index (χ0v) is 10.8. The van der Waals surface area contributed by atoms with Crippen LogP contribution < -0.4 is 5.32 Å². The number of hydrogen-bond donors (Lipinski definition) is 1.